The smallest absolute Gasteiger partial charge is 0.245 e. The van der Waals surface area contributed by atoms with Crippen molar-refractivity contribution < 1.29 is 4.79 Å². The van der Waals surface area contributed by atoms with E-state index >= 15 is 0 Å². The number of carbonyl (C=O) groups excluding carboxylic acids is 1. The van der Waals surface area contributed by atoms with E-state index in [2.05, 4.69) is 40.5 Å². The van der Waals surface area contributed by atoms with Crippen LogP contribution >= 0.6 is 0 Å². The lowest BCUT2D eigenvalue weighted by Crippen LogP contribution is -2.68. The third-order valence-electron chi connectivity index (χ3n) is 4.79. The number of benzene rings is 2. The third-order valence-corrected chi connectivity index (χ3v) is 4.79. The van der Waals surface area contributed by atoms with Crippen LogP contribution < -0.4 is 5.32 Å². The van der Waals surface area contributed by atoms with Gasteiger partial charge in [-0.3, -0.25) is 9.69 Å². The van der Waals surface area contributed by atoms with Gasteiger partial charge in [-0.15, -0.1) is 0 Å². The van der Waals surface area contributed by atoms with Gasteiger partial charge in [-0.05, 0) is 23.6 Å². The molecule has 0 radical (unpaired) electrons. The summed E-state index contributed by atoms with van der Waals surface area (Å²) in [5.41, 5.74) is 3.14. The molecule has 3 nitrogen and oxygen atoms in total. The highest BCUT2D eigenvalue weighted by molar-refractivity contribution is 6.01. The van der Waals surface area contributed by atoms with Crippen LogP contribution in [0.5, 0.6) is 0 Å². The summed E-state index contributed by atoms with van der Waals surface area (Å²) in [5, 5.41) is 3.09. The fourth-order valence-electron chi connectivity index (χ4n) is 3.46. The van der Waals surface area contributed by atoms with Crippen LogP contribution in [-0.2, 0) is 17.8 Å². The first-order valence-electron chi connectivity index (χ1n) is 7.46. The van der Waals surface area contributed by atoms with Gasteiger partial charge in [0.05, 0.1) is 0 Å². The molecule has 1 saturated heterocycles. The Balaban J connectivity index is 1.61. The summed E-state index contributed by atoms with van der Waals surface area (Å²) in [7, 11) is 0. The van der Waals surface area contributed by atoms with Gasteiger partial charge >= 0.3 is 0 Å². The van der Waals surface area contributed by atoms with E-state index in [1.54, 1.807) is 0 Å². The first-order chi connectivity index (χ1) is 10.3. The molecule has 2 aliphatic rings. The molecule has 0 aromatic heterocycles. The third kappa shape index (κ3) is 1.96. The SMILES string of the molecule is O=C1Nc2ccccc2CC12CCN2Cc1ccccc1. The Bertz CT molecular complexity index is 683. The second kappa shape index (κ2) is 4.71. The lowest BCUT2D eigenvalue weighted by atomic mass is 9.75. The minimum atomic E-state index is -0.343. The van der Waals surface area contributed by atoms with Crippen molar-refractivity contribution >= 4 is 11.6 Å². The van der Waals surface area contributed by atoms with E-state index < -0.39 is 0 Å². The number of hydrogen-bond acceptors (Lipinski definition) is 2. The van der Waals surface area contributed by atoms with Crippen LogP contribution in [-0.4, -0.2) is 22.9 Å². The average molecular weight is 278 g/mol. The zero-order valence-corrected chi connectivity index (χ0v) is 11.9. The number of nitrogens with one attached hydrogen (secondary N) is 1. The molecule has 2 heterocycles. The van der Waals surface area contributed by atoms with Gasteiger partial charge in [0.1, 0.15) is 5.54 Å². The van der Waals surface area contributed by atoms with E-state index in [4.69, 9.17) is 0 Å². The molecule has 0 saturated carbocycles. The molecule has 106 valence electrons. The Hall–Kier alpha value is -2.13. The number of anilines is 1. The van der Waals surface area contributed by atoms with Gasteiger partial charge in [0.2, 0.25) is 5.91 Å². The van der Waals surface area contributed by atoms with E-state index in [0.29, 0.717) is 0 Å². The van der Waals surface area contributed by atoms with Crippen molar-refractivity contribution in [2.75, 3.05) is 11.9 Å². The molecule has 2 aromatic rings. The zero-order valence-electron chi connectivity index (χ0n) is 11.9. The van der Waals surface area contributed by atoms with Gasteiger partial charge in [0.25, 0.3) is 0 Å². The summed E-state index contributed by atoms with van der Waals surface area (Å²) >= 11 is 0. The quantitative estimate of drug-likeness (QED) is 0.916. The molecule has 3 heteroatoms. The van der Waals surface area contributed by atoms with E-state index in [9.17, 15) is 4.79 Å². The van der Waals surface area contributed by atoms with E-state index in [-0.39, 0.29) is 11.4 Å². The topological polar surface area (TPSA) is 32.3 Å². The Morgan fingerprint density at radius 2 is 1.81 bits per heavy atom. The lowest BCUT2D eigenvalue weighted by molar-refractivity contribution is -0.139. The summed E-state index contributed by atoms with van der Waals surface area (Å²) < 4.78 is 0. The molecule has 0 bridgehead atoms. The molecule has 1 unspecified atom stereocenters. The number of nitrogens with zero attached hydrogens (tertiary/aromatic N) is 1. The van der Waals surface area contributed by atoms with Gasteiger partial charge in [-0.1, -0.05) is 48.5 Å². The number of likely N-dealkylation sites (tertiary alicyclic amines) is 1. The van der Waals surface area contributed by atoms with Crippen LogP contribution in [0.1, 0.15) is 17.5 Å². The second-order valence-electron chi connectivity index (χ2n) is 5.98. The van der Waals surface area contributed by atoms with Gasteiger partial charge in [-0.25, -0.2) is 0 Å². The molecule has 1 atom stereocenters. The number of fused-ring (bicyclic) bond motifs is 1. The molecular formula is C18H18N2O. The Labute approximate surface area is 124 Å². The van der Waals surface area contributed by atoms with Crippen LogP contribution in [0.3, 0.4) is 0 Å². The fraction of sp³-hybridized carbons (Fsp3) is 0.278. The summed E-state index contributed by atoms with van der Waals surface area (Å²) in [4.78, 5) is 14.9. The van der Waals surface area contributed by atoms with E-state index in [1.165, 1.54) is 11.1 Å². The van der Waals surface area contributed by atoms with Crippen molar-refractivity contribution in [2.45, 2.75) is 24.9 Å². The highest BCUT2D eigenvalue weighted by Crippen LogP contribution is 2.41. The molecule has 1 N–H and O–H groups in total. The first kappa shape index (κ1) is 12.6. The lowest BCUT2D eigenvalue weighted by Gasteiger charge is -2.53. The maximum Gasteiger partial charge on any atom is 0.245 e. The molecule has 1 fully saturated rings. The van der Waals surface area contributed by atoms with Gasteiger partial charge in [0, 0.05) is 25.2 Å². The number of para-hydroxylation sites is 1. The predicted octanol–water partition coefficient (Wildman–Crippen LogP) is 2.83. The molecule has 1 spiro atoms. The van der Waals surface area contributed by atoms with Crippen molar-refractivity contribution in [3.63, 3.8) is 0 Å². The maximum atomic E-state index is 12.6. The zero-order chi connectivity index (χ0) is 14.3. The van der Waals surface area contributed by atoms with Crippen LogP contribution in [0.4, 0.5) is 5.69 Å². The van der Waals surface area contributed by atoms with Crippen molar-refractivity contribution in [3.8, 4) is 0 Å². The number of hydrogen-bond donors (Lipinski definition) is 1. The first-order valence-corrected chi connectivity index (χ1v) is 7.46. The minimum Gasteiger partial charge on any atom is -0.324 e. The molecular weight excluding hydrogens is 260 g/mol. The van der Waals surface area contributed by atoms with Crippen molar-refractivity contribution in [1.29, 1.82) is 0 Å². The molecule has 0 aliphatic carbocycles. The Morgan fingerprint density at radius 1 is 1.05 bits per heavy atom. The van der Waals surface area contributed by atoms with Crippen LogP contribution in [0.15, 0.2) is 54.6 Å². The summed E-state index contributed by atoms with van der Waals surface area (Å²) in [6.45, 7) is 1.83. The molecule has 2 aliphatic heterocycles. The molecule has 21 heavy (non-hydrogen) atoms. The minimum absolute atomic E-state index is 0.156. The van der Waals surface area contributed by atoms with Crippen molar-refractivity contribution in [3.05, 3.63) is 65.7 Å². The number of carbonyl (C=O) groups is 1. The summed E-state index contributed by atoms with van der Waals surface area (Å²) in [6.07, 6.45) is 1.77. The van der Waals surface area contributed by atoms with Gasteiger partial charge in [0.15, 0.2) is 0 Å². The predicted molar refractivity (Wildman–Crippen MR) is 83.0 cm³/mol. The largest absolute Gasteiger partial charge is 0.324 e. The molecule has 4 rings (SSSR count). The normalized spacial score (nSPS) is 24.3. The second-order valence-corrected chi connectivity index (χ2v) is 5.98. The molecule has 2 aromatic carbocycles. The van der Waals surface area contributed by atoms with Crippen molar-refractivity contribution in [1.82, 2.24) is 4.90 Å². The van der Waals surface area contributed by atoms with E-state index in [0.717, 1.165) is 31.6 Å². The fourth-order valence-corrected chi connectivity index (χ4v) is 3.46. The van der Waals surface area contributed by atoms with E-state index in [1.807, 2.05) is 24.3 Å². The Kier molecular flexibility index (Phi) is 2.82. The summed E-state index contributed by atoms with van der Waals surface area (Å²) in [6, 6.07) is 18.5. The van der Waals surface area contributed by atoms with Crippen LogP contribution in [0.2, 0.25) is 0 Å². The van der Waals surface area contributed by atoms with Crippen LogP contribution in [0, 0.1) is 0 Å². The van der Waals surface area contributed by atoms with Crippen molar-refractivity contribution in [2.24, 2.45) is 0 Å². The summed E-state index contributed by atoms with van der Waals surface area (Å²) in [5.74, 6) is 0.156. The highest BCUT2D eigenvalue weighted by atomic mass is 16.2. The standard InChI is InChI=1S/C18H18N2O/c21-17-18(12-15-8-4-5-9-16(15)19-17)10-11-20(18)13-14-6-2-1-3-7-14/h1-9H,10-13H2,(H,19,21). The highest BCUT2D eigenvalue weighted by Gasteiger charge is 2.52. The monoisotopic (exact) mass is 278 g/mol. The number of rotatable bonds is 2. The van der Waals surface area contributed by atoms with Crippen LogP contribution in [0.25, 0.3) is 0 Å². The number of amides is 1. The van der Waals surface area contributed by atoms with Gasteiger partial charge in [-0.2, -0.15) is 0 Å². The molecule has 1 amide bonds. The van der Waals surface area contributed by atoms with Gasteiger partial charge < -0.3 is 5.32 Å². The average Bonchev–Trinajstić information content (AvgIpc) is 2.52. The maximum absolute atomic E-state index is 12.6. The Morgan fingerprint density at radius 3 is 2.57 bits per heavy atom.